The number of aliphatic hydroxyl groups is 1. The molecule has 0 aromatic heterocycles. The number of amides is 1. The van der Waals surface area contributed by atoms with E-state index in [-0.39, 0.29) is 11.3 Å². The molecule has 1 unspecified atom stereocenters. The smallest absolute Gasteiger partial charge is 0.300 e. The number of rotatable bonds is 6. The third kappa shape index (κ3) is 4.16. The lowest BCUT2D eigenvalue weighted by atomic mass is 9.93. The summed E-state index contributed by atoms with van der Waals surface area (Å²) < 4.78 is 11.2. The second-order valence-corrected chi connectivity index (χ2v) is 8.59. The van der Waals surface area contributed by atoms with Crippen LogP contribution in [0.25, 0.3) is 5.76 Å². The van der Waals surface area contributed by atoms with Gasteiger partial charge in [-0.15, -0.1) is 0 Å². The first-order valence-corrected chi connectivity index (χ1v) is 11.5. The van der Waals surface area contributed by atoms with Crippen LogP contribution in [0.3, 0.4) is 0 Å². The van der Waals surface area contributed by atoms with E-state index in [2.05, 4.69) is 0 Å². The molecule has 0 bridgehead atoms. The molecule has 6 nitrogen and oxygen atoms in total. The predicted octanol–water partition coefficient (Wildman–Crippen LogP) is 5.51. The van der Waals surface area contributed by atoms with E-state index in [9.17, 15) is 14.7 Å². The number of carbonyl (C=O) groups is 2. The number of hydrogen-bond acceptors (Lipinski definition) is 5. The van der Waals surface area contributed by atoms with Gasteiger partial charge in [0.05, 0.1) is 31.4 Å². The predicted molar refractivity (Wildman–Crippen MR) is 136 cm³/mol. The zero-order chi connectivity index (χ0) is 25.3. The molecule has 1 aliphatic heterocycles. The average molecular weight is 472 g/mol. The summed E-state index contributed by atoms with van der Waals surface area (Å²) in [6.45, 7) is 5.82. The van der Waals surface area contributed by atoms with Crippen molar-refractivity contribution in [2.24, 2.45) is 0 Å². The third-order valence-electron chi connectivity index (χ3n) is 6.38. The van der Waals surface area contributed by atoms with Crippen LogP contribution in [0.4, 0.5) is 5.69 Å². The van der Waals surface area contributed by atoms with Gasteiger partial charge in [-0.25, -0.2) is 0 Å². The Morgan fingerprint density at radius 2 is 1.66 bits per heavy atom. The van der Waals surface area contributed by atoms with E-state index in [4.69, 9.17) is 9.47 Å². The first kappa shape index (κ1) is 24.1. The van der Waals surface area contributed by atoms with Gasteiger partial charge in [0, 0.05) is 11.3 Å². The van der Waals surface area contributed by atoms with Crippen molar-refractivity contribution >= 4 is 23.1 Å². The first-order valence-electron chi connectivity index (χ1n) is 11.5. The zero-order valence-electron chi connectivity index (χ0n) is 20.6. The number of carbonyl (C=O) groups excluding carboxylic acids is 2. The van der Waals surface area contributed by atoms with E-state index in [1.54, 1.807) is 18.2 Å². The molecule has 0 spiro atoms. The van der Waals surface area contributed by atoms with Crippen molar-refractivity contribution in [3.05, 3.63) is 94.1 Å². The second kappa shape index (κ2) is 9.66. The molecule has 1 N–H and O–H groups in total. The van der Waals surface area contributed by atoms with Gasteiger partial charge in [-0.05, 0) is 61.2 Å². The Balaban J connectivity index is 2.02. The maximum absolute atomic E-state index is 13.5. The summed E-state index contributed by atoms with van der Waals surface area (Å²) in [4.78, 5) is 28.4. The van der Waals surface area contributed by atoms with Crippen LogP contribution in [0.1, 0.15) is 40.8 Å². The van der Waals surface area contributed by atoms with Gasteiger partial charge in [0.15, 0.2) is 0 Å². The number of aliphatic hydroxyl groups excluding tert-OH is 1. The molecule has 4 rings (SSSR count). The molecule has 1 fully saturated rings. The fourth-order valence-corrected chi connectivity index (χ4v) is 4.72. The molecule has 1 heterocycles. The van der Waals surface area contributed by atoms with Crippen LogP contribution in [0.15, 0.2) is 66.2 Å². The number of para-hydroxylation sites is 1. The van der Waals surface area contributed by atoms with E-state index in [1.165, 1.54) is 19.1 Å². The standard InChI is InChI=1S/C29H29NO5/c1-6-19-11-13-20(14-12-19)30-25(21-9-7-8-10-23(21)34-4)24(27(32)29(30)33)26(31)22-16-17(2)15-18(3)28(22)35-5/h7-16,25,31H,6H2,1-5H3/b26-24+. The summed E-state index contributed by atoms with van der Waals surface area (Å²) >= 11 is 0. The van der Waals surface area contributed by atoms with Crippen molar-refractivity contribution in [2.75, 3.05) is 19.1 Å². The van der Waals surface area contributed by atoms with Gasteiger partial charge in [0.25, 0.3) is 11.7 Å². The Kier molecular flexibility index (Phi) is 6.65. The number of Topliss-reactive ketones (excluding diaryl/α,β-unsaturated/α-hetero) is 1. The van der Waals surface area contributed by atoms with Crippen molar-refractivity contribution in [3.63, 3.8) is 0 Å². The molecular formula is C29H29NO5. The molecule has 1 saturated heterocycles. The number of anilines is 1. The van der Waals surface area contributed by atoms with Crippen LogP contribution in [0.5, 0.6) is 11.5 Å². The Bertz CT molecular complexity index is 1320. The highest BCUT2D eigenvalue weighted by Gasteiger charge is 2.48. The van der Waals surface area contributed by atoms with E-state index in [0.717, 1.165) is 23.1 Å². The van der Waals surface area contributed by atoms with Gasteiger partial charge in [-0.2, -0.15) is 0 Å². The second-order valence-electron chi connectivity index (χ2n) is 8.59. The number of ketones is 1. The van der Waals surface area contributed by atoms with Gasteiger partial charge in [0.1, 0.15) is 17.3 Å². The summed E-state index contributed by atoms with van der Waals surface area (Å²) in [7, 11) is 3.05. The molecule has 1 amide bonds. The molecule has 1 aliphatic rings. The van der Waals surface area contributed by atoms with Crippen LogP contribution < -0.4 is 14.4 Å². The Hall–Kier alpha value is -4.06. The molecule has 3 aromatic carbocycles. The number of benzene rings is 3. The van der Waals surface area contributed by atoms with E-state index >= 15 is 0 Å². The number of hydrogen-bond donors (Lipinski definition) is 1. The minimum absolute atomic E-state index is 0.0117. The Labute approximate surface area is 205 Å². The fraction of sp³-hybridized carbons (Fsp3) is 0.241. The lowest BCUT2D eigenvalue weighted by Gasteiger charge is -2.27. The molecule has 0 saturated carbocycles. The number of ether oxygens (including phenoxy) is 2. The normalized spacial score (nSPS) is 17.1. The van der Waals surface area contributed by atoms with Crippen molar-refractivity contribution in [1.82, 2.24) is 0 Å². The SMILES string of the molecule is CCc1ccc(N2C(=O)C(=O)/C(=C(/O)c3cc(C)cc(C)c3OC)C2c2ccccc2OC)cc1. The van der Waals surface area contributed by atoms with Crippen molar-refractivity contribution in [2.45, 2.75) is 33.2 Å². The molecule has 1 atom stereocenters. The van der Waals surface area contributed by atoms with E-state index in [1.807, 2.05) is 63.2 Å². The Morgan fingerprint density at radius 3 is 2.29 bits per heavy atom. The fourth-order valence-electron chi connectivity index (χ4n) is 4.72. The topological polar surface area (TPSA) is 76.1 Å². The summed E-state index contributed by atoms with van der Waals surface area (Å²) in [5, 5.41) is 11.6. The quantitative estimate of drug-likeness (QED) is 0.291. The maximum atomic E-state index is 13.5. The molecule has 0 aliphatic carbocycles. The van der Waals surface area contributed by atoms with Crippen molar-refractivity contribution < 1.29 is 24.2 Å². The molecule has 180 valence electrons. The third-order valence-corrected chi connectivity index (χ3v) is 6.38. The maximum Gasteiger partial charge on any atom is 0.300 e. The van der Waals surface area contributed by atoms with Gasteiger partial charge in [0.2, 0.25) is 0 Å². The molecular weight excluding hydrogens is 442 g/mol. The largest absolute Gasteiger partial charge is 0.507 e. The number of aryl methyl sites for hydroxylation is 3. The highest BCUT2D eigenvalue weighted by molar-refractivity contribution is 6.51. The minimum Gasteiger partial charge on any atom is -0.507 e. The molecule has 3 aromatic rings. The van der Waals surface area contributed by atoms with E-state index < -0.39 is 17.7 Å². The lowest BCUT2D eigenvalue weighted by molar-refractivity contribution is -0.132. The van der Waals surface area contributed by atoms with Crippen LogP contribution in [0, 0.1) is 13.8 Å². The van der Waals surface area contributed by atoms with Crippen LogP contribution in [-0.4, -0.2) is 31.0 Å². The van der Waals surface area contributed by atoms with Crippen molar-refractivity contribution in [3.8, 4) is 11.5 Å². The highest BCUT2D eigenvalue weighted by Crippen LogP contribution is 2.46. The highest BCUT2D eigenvalue weighted by atomic mass is 16.5. The van der Waals surface area contributed by atoms with E-state index in [0.29, 0.717) is 28.3 Å². The summed E-state index contributed by atoms with van der Waals surface area (Å²) in [6.07, 6.45) is 0.849. The van der Waals surface area contributed by atoms with Gasteiger partial charge < -0.3 is 14.6 Å². The van der Waals surface area contributed by atoms with Gasteiger partial charge >= 0.3 is 0 Å². The zero-order valence-corrected chi connectivity index (χ0v) is 20.6. The lowest BCUT2D eigenvalue weighted by Crippen LogP contribution is -2.29. The summed E-state index contributed by atoms with van der Waals surface area (Å²) in [5.41, 5.74) is 4.33. The summed E-state index contributed by atoms with van der Waals surface area (Å²) in [6, 6.07) is 17.5. The average Bonchev–Trinajstić information content (AvgIpc) is 3.13. The van der Waals surface area contributed by atoms with Gasteiger partial charge in [-0.1, -0.05) is 43.3 Å². The van der Waals surface area contributed by atoms with Crippen molar-refractivity contribution in [1.29, 1.82) is 0 Å². The number of nitrogens with zero attached hydrogens (tertiary/aromatic N) is 1. The van der Waals surface area contributed by atoms with Crippen LogP contribution in [0.2, 0.25) is 0 Å². The van der Waals surface area contributed by atoms with Crippen LogP contribution in [-0.2, 0) is 16.0 Å². The molecule has 0 radical (unpaired) electrons. The summed E-state index contributed by atoms with van der Waals surface area (Å²) in [5.74, 6) is -0.803. The minimum atomic E-state index is -0.885. The molecule has 6 heteroatoms. The van der Waals surface area contributed by atoms with Gasteiger partial charge in [-0.3, -0.25) is 14.5 Å². The van der Waals surface area contributed by atoms with Crippen LogP contribution >= 0.6 is 0 Å². The molecule has 35 heavy (non-hydrogen) atoms. The Morgan fingerprint density at radius 1 is 0.971 bits per heavy atom. The number of methoxy groups -OCH3 is 2. The monoisotopic (exact) mass is 471 g/mol. The first-order chi connectivity index (χ1) is 16.8.